The van der Waals surface area contributed by atoms with Crippen molar-refractivity contribution in [3.8, 4) is 5.75 Å². The Bertz CT molecular complexity index is 1220. The van der Waals surface area contributed by atoms with Crippen molar-refractivity contribution in [3.63, 3.8) is 0 Å². The van der Waals surface area contributed by atoms with Gasteiger partial charge in [0.05, 0.1) is 28.3 Å². The van der Waals surface area contributed by atoms with Gasteiger partial charge in [-0.05, 0) is 55.5 Å². The highest BCUT2D eigenvalue weighted by Crippen LogP contribution is 2.33. The second-order valence-corrected chi connectivity index (χ2v) is 11.6. The van der Waals surface area contributed by atoms with E-state index < -0.39 is 20.0 Å². The Hall–Kier alpha value is -2.28. The van der Waals surface area contributed by atoms with E-state index in [2.05, 4.69) is 10.0 Å². The molecule has 0 unspecified atom stereocenters. The molecule has 3 rings (SSSR count). The van der Waals surface area contributed by atoms with Crippen molar-refractivity contribution in [2.75, 3.05) is 36.5 Å². The Morgan fingerprint density at radius 1 is 1.00 bits per heavy atom. The molecule has 174 valence electrons. The van der Waals surface area contributed by atoms with E-state index in [1.807, 2.05) is 6.26 Å². The summed E-state index contributed by atoms with van der Waals surface area (Å²) in [5, 5.41) is 2.62. The minimum Gasteiger partial charge on any atom is -0.495 e. The van der Waals surface area contributed by atoms with Gasteiger partial charge in [0.2, 0.25) is 15.9 Å². The monoisotopic (exact) mass is 499 g/mol. The number of amides is 1. The average Bonchev–Trinajstić information content (AvgIpc) is 3.29. The predicted octanol–water partition coefficient (Wildman–Crippen LogP) is 2.96. The number of ether oxygens (including phenoxy) is 1. The summed E-state index contributed by atoms with van der Waals surface area (Å²) in [6.07, 6.45) is 3.39. The number of methoxy groups -OCH3 is 1. The fraction of sp³-hybridized carbons (Fsp3) is 0.350. The summed E-state index contributed by atoms with van der Waals surface area (Å²) in [7, 11) is -6.49. The van der Waals surface area contributed by atoms with Crippen molar-refractivity contribution in [1.82, 2.24) is 4.31 Å². The van der Waals surface area contributed by atoms with Crippen molar-refractivity contribution < 1.29 is 26.4 Å². The summed E-state index contributed by atoms with van der Waals surface area (Å²) in [6, 6.07) is 8.43. The van der Waals surface area contributed by atoms with Crippen LogP contribution in [0.5, 0.6) is 5.75 Å². The minimum atomic E-state index is -4.11. The first-order valence-corrected chi connectivity index (χ1v) is 13.9. The molecule has 0 atom stereocenters. The Kier molecular flexibility index (Phi) is 7.38. The van der Waals surface area contributed by atoms with Gasteiger partial charge in [-0.2, -0.15) is 4.31 Å². The maximum atomic E-state index is 13.1. The highest BCUT2D eigenvalue weighted by atomic mass is 32.2. The van der Waals surface area contributed by atoms with Crippen LogP contribution in [-0.2, 0) is 24.8 Å². The number of carbonyl (C=O) groups excluding carboxylic acids is 1. The number of carbonyl (C=O) groups is 1. The Morgan fingerprint density at radius 2 is 1.62 bits per heavy atom. The third-order valence-corrected chi connectivity index (χ3v) is 8.96. The quantitative estimate of drug-likeness (QED) is 0.536. The lowest BCUT2D eigenvalue weighted by molar-refractivity contribution is -0.114. The van der Waals surface area contributed by atoms with Gasteiger partial charge in [0.1, 0.15) is 5.75 Å². The van der Waals surface area contributed by atoms with E-state index in [1.165, 1.54) is 60.4 Å². The van der Waals surface area contributed by atoms with Crippen LogP contribution in [0, 0.1) is 0 Å². The number of hydrogen-bond donors (Lipinski definition) is 2. The third-order valence-electron chi connectivity index (χ3n) is 4.91. The standard InChI is InChI=1S/C20H25N3O6S3/c1-14(24)21-18-12-15(7-9-20(18)30-3)31(25,26)22-17-13-16(6-8-19(17)29-2)32(27,28)23-10-4-5-11-23/h6-9,12-13,22H,4-5,10-11H2,1-3H3,(H,21,24). The van der Waals surface area contributed by atoms with Crippen molar-refractivity contribution in [1.29, 1.82) is 0 Å². The topological polar surface area (TPSA) is 122 Å². The zero-order chi connectivity index (χ0) is 23.5. The summed E-state index contributed by atoms with van der Waals surface area (Å²) in [5.41, 5.74) is 0.369. The van der Waals surface area contributed by atoms with Gasteiger partial charge in [0.25, 0.3) is 10.0 Å². The van der Waals surface area contributed by atoms with Crippen LogP contribution in [0.4, 0.5) is 11.4 Å². The molecule has 1 amide bonds. The van der Waals surface area contributed by atoms with Gasteiger partial charge in [0.15, 0.2) is 0 Å². The maximum Gasteiger partial charge on any atom is 0.262 e. The lowest BCUT2D eigenvalue weighted by Gasteiger charge is -2.18. The van der Waals surface area contributed by atoms with Crippen molar-refractivity contribution in [3.05, 3.63) is 36.4 Å². The Morgan fingerprint density at radius 3 is 2.22 bits per heavy atom. The molecule has 0 saturated carbocycles. The largest absolute Gasteiger partial charge is 0.495 e. The molecule has 1 heterocycles. The minimum absolute atomic E-state index is 0.00259. The molecule has 1 aliphatic rings. The highest BCUT2D eigenvalue weighted by molar-refractivity contribution is 7.98. The van der Waals surface area contributed by atoms with Crippen LogP contribution >= 0.6 is 11.8 Å². The van der Waals surface area contributed by atoms with Crippen LogP contribution < -0.4 is 14.8 Å². The van der Waals surface area contributed by atoms with Crippen molar-refractivity contribution in [2.24, 2.45) is 0 Å². The molecule has 0 radical (unpaired) electrons. The van der Waals surface area contributed by atoms with Gasteiger partial charge in [-0.25, -0.2) is 16.8 Å². The first-order chi connectivity index (χ1) is 15.1. The van der Waals surface area contributed by atoms with Crippen LogP contribution in [-0.4, -0.2) is 53.5 Å². The summed E-state index contributed by atoms with van der Waals surface area (Å²) in [5.74, 6) is -0.152. The molecule has 1 saturated heterocycles. The molecule has 2 aromatic rings. The van der Waals surface area contributed by atoms with Crippen LogP contribution in [0.25, 0.3) is 0 Å². The van der Waals surface area contributed by atoms with E-state index >= 15 is 0 Å². The number of nitrogens with zero attached hydrogens (tertiary/aromatic N) is 1. The number of sulfonamides is 2. The Labute approximate surface area is 192 Å². The fourth-order valence-electron chi connectivity index (χ4n) is 3.35. The summed E-state index contributed by atoms with van der Waals surface area (Å²) in [6.45, 7) is 2.20. The van der Waals surface area contributed by atoms with Crippen molar-refractivity contribution >= 4 is 49.1 Å². The van der Waals surface area contributed by atoms with Crippen LogP contribution in [0.2, 0.25) is 0 Å². The molecule has 0 spiro atoms. The average molecular weight is 500 g/mol. The zero-order valence-corrected chi connectivity index (χ0v) is 20.4. The lowest BCUT2D eigenvalue weighted by atomic mass is 10.3. The smallest absolute Gasteiger partial charge is 0.262 e. The van der Waals surface area contributed by atoms with E-state index in [9.17, 15) is 21.6 Å². The molecule has 32 heavy (non-hydrogen) atoms. The molecule has 0 bridgehead atoms. The van der Waals surface area contributed by atoms with Gasteiger partial charge in [-0.1, -0.05) is 0 Å². The number of rotatable bonds is 8. The molecule has 2 aromatic carbocycles. The number of anilines is 2. The number of nitrogens with one attached hydrogen (secondary N) is 2. The van der Waals surface area contributed by atoms with Crippen LogP contribution in [0.15, 0.2) is 51.1 Å². The molecular weight excluding hydrogens is 474 g/mol. The van der Waals surface area contributed by atoms with Crippen LogP contribution in [0.1, 0.15) is 19.8 Å². The molecule has 12 heteroatoms. The number of benzene rings is 2. The highest BCUT2D eigenvalue weighted by Gasteiger charge is 2.28. The number of hydrogen-bond acceptors (Lipinski definition) is 7. The molecular formula is C20H25N3O6S3. The second-order valence-electron chi connectivity index (χ2n) is 7.12. The first-order valence-electron chi connectivity index (χ1n) is 9.75. The van der Waals surface area contributed by atoms with E-state index in [1.54, 1.807) is 6.07 Å². The molecule has 1 fully saturated rings. The molecule has 1 aliphatic heterocycles. The van der Waals surface area contributed by atoms with Gasteiger partial charge in [0, 0.05) is 24.9 Å². The zero-order valence-electron chi connectivity index (χ0n) is 17.9. The van der Waals surface area contributed by atoms with E-state index in [4.69, 9.17) is 4.74 Å². The van der Waals surface area contributed by atoms with Gasteiger partial charge < -0.3 is 10.1 Å². The Balaban J connectivity index is 1.99. The summed E-state index contributed by atoms with van der Waals surface area (Å²) >= 11 is 1.36. The first kappa shape index (κ1) is 24.4. The third kappa shape index (κ3) is 5.20. The molecule has 0 aromatic heterocycles. The second kappa shape index (κ2) is 9.69. The van der Waals surface area contributed by atoms with Crippen molar-refractivity contribution in [2.45, 2.75) is 34.5 Å². The van der Waals surface area contributed by atoms with Gasteiger partial charge >= 0.3 is 0 Å². The van der Waals surface area contributed by atoms with E-state index in [0.29, 0.717) is 23.7 Å². The van der Waals surface area contributed by atoms with Gasteiger partial charge in [-0.15, -0.1) is 11.8 Å². The lowest BCUT2D eigenvalue weighted by Crippen LogP contribution is -2.28. The predicted molar refractivity (Wildman–Crippen MR) is 124 cm³/mol. The number of thioether (sulfide) groups is 1. The molecule has 9 nitrogen and oxygen atoms in total. The fourth-order valence-corrected chi connectivity index (χ4v) is 6.52. The van der Waals surface area contributed by atoms with Crippen LogP contribution in [0.3, 0.4) is 0 Å². The van der Waals surface area contributed by atoms with Gasteiger partial charge in [-0.3, -0.25) is 9.52 Å². The maximum absolute atomic E-state index is 13.1. The normalized spacial score (nSPS) is 14.8. The SMILES string of the molecule is COc1ccc(S(=O)(=O)N2CCCC2)cc1NS(=O)(=O)c1ccc(SC)c(NC(C)=O)c1. The van der Waals surface area contributed by atoms with E-state index in [-0.39, 0.29) is 27.1 Å². The summed E-state index contributed by atoms with van der Waals surface area (Å²) < 4.78 is 61.0. The molecule has 0 aliphatic carbocycles. The molecule has 2 N–H and O–H groups in total. The van der Waals surface area contributed by atoms with E-state index in [0.717, 1.165) is 12.8 Å². The summed E-state index contributed by atoms with van der Waals surface area (Å²) in [4.78, 5) is 12.1.